The van der Waals surface area contributed by atoms with E-state index in [9.17, 15) is 4.79 Å². The smallest absolute Gasteiger partial charge is 0.257 e. The molecule has 106 valence electrons. The average molecular weight is 266 g/mol. The lowest BCUT2D eigenvalue weighted by molar-refractivity contribution is 0.0789. The Bertz CT molecular complexity index is 421. The molecule has 0 unspecified atom stereocenters. The lowest BCUT2D eigenvalue weighted by Gasteiger charge is -2.19. The third kappa shape index (κ3) is 3.86. The summed E-state index contributed by atoms with van der Waals surface area (Å²) >= 11 is 0. The molecule has 1 aromatic rings. The van der Waals surface area contributed by atoms with Crippen LogP contribution in [0.3, 0.4) is 0 Å². The van der Waals surface area contributed by atoms with Crippen molar-refractivity contribution in [1.82, 2.24) is 10.2 Å². The normalized spacial score (nSPS) is 10.1. The summed E-state index contributed by atoms with van der Waals surface area (Å²) in [7, 11) is 6.78. The van der Waals surface area contributed by atoms with Gasteiger partial charge in [-0.3, -0.25) is 4.79 Å². The molecule has 0 aromatic heterocycles. The molecule has 0 aliphatic heterocycles. The van der Waals surface area contributed by atoms with Gasteiger partial charge in [-0.25, -0.2) is 0 Å². The van der Waals surface area contributed by atoms with E-state index in [-0.39, 0.29) is 5.91 Å². The monoisotopic (exact) mass is 266 g/mol. The Balaban J connectivity index is 2.86. The van der Waals surface area contributed by atoms with Crippen molar-refractivity contribution >= 4 is 5.91 Å². The largest absolute Gasteiger partial charge is 0.493 e. The van der Waals surface area contributed by atoms with Crippen LogP contribution in [0.5, 0.6) is 11.5 Å². The quantitative estimate of drug-likeness (QED) is 0.758. The molecule has 1 rings (SSSR count). The van der Waals surface area contributed by atoms with E-state index in [0.29, 0.717) is 23.6 Å². The van der Waals surface area contributed by atoms with Crippen LogP contribution in [0.1, 0.15) is 16.8 Å². The number of ether oxygens (including phenoxy) is 2. The lowest BCUT2D eigenvalue weighted by atomic mass is 10.1. The Hall–Kier alpha value is -1.75. The number of benzene rings is 1. The molecule has 5 heteroatoms. The molecule has 0 atom stereocenters. The van der Waals surface area contributed by atoms with Crippen LogP contribution in [0.15, 0.2) is 18.2 Å². The van der Waals surface area contributed by atoms with Crippen molar-refractivity contribution in [3.63, 3.8) is 0 Å². The molecule has 0 bridgehead atoms. The fourth-order valence-corrected chi connectivity index (χ4v) is 1.86. The summed E-state index contributed by atoms with van der Waals surface area (Å²) in [5, 5.41) is 3.06. The second-order valence-electron chi connectivity index (χ2n) is 4.22. The second kappa shape index (κ2) is 7.63. The van der Waals surface area contributed by atoms with Gasteiger partial charge in [0.25, 0.3) is 5.91 Å². The van der Waals surface area contributed by atoms with Gasteiger partial charge in [-0.15, -0.1) is 0 Å². The maximum absolute atomic E-state index is 12.4. The molecule has 5 nitrogen and oxygen atoms in total. The molecule has 0 heterocycles. The molecule has 0 spiro atoms. The predicted molar refractivity (Wildman–Crippen MR) is 75.1 cm³/mol. The van der Waals surface area contributed by atoms with Gasteiger partial charge < -0.3 is 19.7 Å². The number of carbonyl (C=O) groups excluding carboxylic acids is 1. The van der Waals surface area contributed by atoms with Crippen molar-refractivity contribution in [3.8, 4) is 11.5 Å². The molecule has 0 aliphatic rings. The molecule has 0 fully saturated rings. The van der Waals surface area contributed by atoms with Crippen LogP contribution < -0.4 is 14.8 Å². The van der Waals surface area contributed by atoms with Gasteiger partial charge in [0.05, 0.1) is 19.8 Å². The number of methoxy groups -OCH3 is 2. The van der Waals surface area contributed by atoms with Crippen molar-refractivity contribution in [1.29, 1.82) is 0 Å². The zero-order chi connectivity index (χ0) is 14.3. The highest BCUT2D eigenvalue weighted by atomic mass is 16.5. The number of nitrogens with one attached hydrogen (secondary N) is 1. The van der Waals surface area contributed by atoms with Gasteiger partial charge in [0, 0.05) is 13.6 Å². The zero-order valence-corrected chi connectivity index (χ0v) is 12.0. The number of amides is 1. The fourth-order valence-electron chi connectivity index (χ4n) is 1.86. The number of para-hydroxylation sites is 1. The van der Waals surface area contributed by atoms with E-state index < -0.39 is 0 Å². The molecule has 0 saturated carbocycles. The highest BCUT2D eigenvalue weighted by Crippen LogP contribution is 2.31. The van der Waals surface area contributed by atoms with Crippen LogP contribution in [0.2, 0.25) is 0 Å². The van der Waals surface area contributed by atoms with Gasteiger partial charge in [0.1, 0.15) is 0 Å². The van der Waals surface area contributed by atoms with E-state index in [4.69, 9.17) is 9.47 Å². The topological polar surface area (TPSA) is 50.8 Å². The summed E-state index contributed by atoms with van der Waals surface area (Å²) in [5.41, 5.74) is 0.522. The number of rotatable bonds is 7. The zero-order valence-electron chi connectivity index (χ0n) is 12.0. The number of hydrogen-bond donors (Lipinski definition) is 1. The number of carbonyl (C=O) groups is 1. The van der Waals surface area contributed by atoms with Gasteiger partial charge >= 0.3 is 0 Å². The summed E-state index contributed by atoms with van der Waals surface area (Å²) in [5.74, 6) is 0.985. The van der Waals surface area contributed by atoms with Crippen LogP contribution in [-0.4, -0.2) is 52.2 Å². The Labute approximate surface area is 114 Å². The number of nitrogens with zero attached hydrogens (tertiary/aromatic N) is 1. The van der Waals surface area contributed by atoms with Crippen molar-refractivity contribution in [2.24, 2.45) is 0 Å². The Morgan fingerprint density at radius 2 is 2.05 bits per heavy atom. The van der Waals surface area contributed by atoms with Crippen molar-refractivity contribution in [2.75, 3.05) is 41.4 Å². The standard InChI is InChI=1S/C14H22N2O3/c1-15-9-6-10-16(2)14(17)11-7-5-8-12(18-3)13(11)19-4/h5,7-8,15H,6,9-10H2,1-4H3. The summed E-state index contributed by atoms with van der Waals surface area (Å²) < 4.78 is 10.5. The summed E-state index contributed by atoms with van der Waals surface area (Å²) in [6.07, 6.45) is 0.908. The highest BCUT2D eigenvalue weighted by Gasteiger charge is 2.19. The summed E-state index contributed by atoms with van der Waals surface area (Å²) in [6.45, 7) is 1.58. The molecule has 0 radical (unpaired) electrons. The second-order valence-corrected chi connectivity index (χ2v) is 4.22. The van der Waals surface area contributed by atoms with E-state index >= 15 is 0 Å². The average Bonchev–Trinajstić information content (AvgIpc) is 2.45. The van der Waals surface area contributed by atoms with Crippen LogP contribution in [0, 0.1) is 0 Å². The van der Waals surface area contributed by atoms with Crippen molar-refractivity contribution in [3.05, 3.63) is 23.8 Å². The van der Waals surface area contributed by atoms with Gasteiger partial charge in [0.15, 0.2) is 11.5 Å². The summed E-state index contributed by atoms with van der Waals surface area (Å²) in [6, 6.07) is 5.31. The van der Waals surface area contributed by atoms with Gasteiger partial charge in [-0.1, -0.05) is 6.07 Å². The van der Waals surface area contributed by atoms with Crippen molar-refractivity contribution in [2.45, 2.75) is 6.42 Å². The maximum Gasteiger partial charge on any atom is 0.257 e. The molecule has 0 saturated heterocycles. The molecule has 1 N–H and O–H groups in total. The fraction of sp³-hybridized carbons (Fsp3) is 0.500. The molecular weight excluding hydrogens is 244 g/mol. The maximum atomic E-state index is 12.4. The van der Waals surface area contributed by atoms with E-state index in [2.05, 4.69) is 5.32 Å². The van der Waals surface area contributed by atoms with Crippen LogP contribution in [0.4, 0.5) is 0 Å². The molecular formula is C14H22N2O3. The first-order chi connectivity index (χ1) is 9.15. The molecule has 1 amide bonds. The lowest BCUT2D eigenvalue weighted by Crippen LogP contribution is -2.29. The van der Waals surface area contributed by atoms with Crippen LogP contribution in [0.25, 0.3) is 0 Å². The van der Waals surface area contributed by atoms with Gasteiger partial charge in [0.2, 0.25) is 0 Å². The van der Waals surface area contributed by atoms with Crippen molar-refractivity contribution < 1.29 is 14.3 Å². The molecule has 0 aliphatic carbocycles. The van der Waals surface area contributed by atoms with Gasteiger partial charge in [-0.2, -0.15) is 0 Å². The van der Waals surface area contributed by atoms with E-state index in [1.54, 1.807) is 37.3 Å². The predicted octanol–water partition coefficient (Wildman–Crippen LogP) is 1.39. The third-order valence-corrected chi connectivity index (χ3v) is 2.90. The SMILES string of the molecule is CNCCCN(C)C(=O)c1cccc(OC)c1OC. The minimum Gasteiger partial charge on any atom is -0.493 e. The molecule has 19 heavy (non-hydrogen) atoms. The van der Waals surface area contributed by atoms with E-state index in [1.807, 2.05) is 7.05 Å². The van der Waals surface area contributed by atoms with Gasteiger partial charge in [-0.05, 0) is 32.1 Å². The third-order valence-electron chi connectivity index (χ3n) is 2.90. The van der Waals surface area contributed by atoms with E-state index in [0.717, 1.165) is 13.0 Å². The van der Waals surface area contributed by atoms with Crippen LogP contribution >= 0.6 is 0 Å². The van der Waals surface area contributed by atoms with Crippen LogP contribution in [-0.2, 0) is 0 Å². The minimum atomic E-state index is -0.0631. The number of hydrogen-bond acceptors (Lipinski definition) is 4. The first-order valence-electron chi connectivity index (χ1n) is 6.26. The minimum absolute atomic E-state index is 0.0631. The van der Waals surface area contributed by atoms with E-state index in [1.165, 1.54) is 7.11 Å². The summed E-state index contributed by atoms with van der Waals surface area (Å²) in [4.78, 5) is 14.0. The highest BCUT2D eigenvalue weighted by molar-refractivity contribution is 5.97. The Morgan fingerprint density at radius 3 is 2.63 bits per heavy atom. The Morgan fingerprint density at radius 1 is 1.32 bits per heavy atom. The Kier molecular flexibility index (Phi) is 6.15. The first-order valence-corrected chi connectivity index (χ1v) is 6.26. The first kappa shape index (κ1) is 15.3. The molecule has 1 aromatic carbocycles.